The van der Waals surface area contributed by atoms with Crippen LogP contribution in [0.4, 0.5) is 0 Å². The summed E-state index contributed by atoms with van der Waals surface area (Å²) in [6.45, 7) is 0. The maximum atomic E-state index is 10.4. The Morgan fingerprint density at radius 3 is 2.80 bits per heavy atom. The lowest BCUT2D eigenvalue weighted by Crippen LogP contribution is -1.96. The molecule has 0 heterocycles. The molecule has 0 aliphatic heterocycles. The number of halogens is 1. The minimum atomic E-state index is -0.941. The third-order valence-electron chi connectivity index (χ3n) is 1.04. The van der Waals surface area contributed by atoms with Crippen LogP contribution in [-0.4, -0.2) is 11.1 Å². The highest BCUT2D eigenvalue weighted by Crippen LogP contribution is 2.14. The summed E-state index contributed by atoms with van der Waals surface area (Å²) in [5.41, 5.74) is 0.238. The van der Waals surface area contributed by atoms with E-state index in [2.05, 4.69) is 22.0 Å². The van der Waals surface area contributed by atoms with Crippen LogP contribution in [0.1, 0.15) is 10.4 Å². The SMILES string of the molecule is O=C(O)c1ccc[c]c1Br. The van der Waals surface area contributed by atoms with Crippen molar-refractivity contribution in [3.8, 4) is 0 Å². The van der Waals surface area contributed by atoms with Gasteiger partial charge in [0.15, 0.2) is 0 Å². The number of benzene rings is 1. The Morgan fingerprint density at radius 1 is 1.70 bits per heavy atom. The molecule has 3 heteroatoms. The van der Waals surface area contributed by atoms with E-state index in [1.807, 2.05) is 0 Å². The molecule has 0 aromatic heterocycles. The summed E-state index contributed by atoms with van der Waals surface area (Å²) in [4.78, 5) is 10.4. The molecule has 0 bridgehead atoms. The smallest absolute Gasteiger partial charge is 0.336 e. The Kier molecular flexibility index (Phi) is 2.06. The van der Waals surface area contributed by atoms with E-state index >= 15 is 0 Å². The first-order valence-electron chi connectivity index (χ1n) is 2.61. The van der Waals surface area contributed by atoms with Crippen LogP contribution in [0.15, 0.2) is 22.7 Å². The van der Waals surface area contributed by atoms with E-state index in [1.165, 1.54) is 6.07 Å². The fraction of sp³-hybridized carbons (Fsp3) is 0. The average Bonchev–Trinajstić information content (AvgIpc) is 1.88. The number of rotatable bonds is 1. The summed E-state index contributed by atoms with van der Waals surface area (Å²) in [7, 11) is 0. The molecule has 0 unspecified atom stereocenters. The number of carboxylic acids is 1. The van der Waals surface area contributed by atoms with Crippen molar-refractivity contribution in [2.45, 2.75) is 0 Å². The monoisotopic (exact) mass is 199 g/mol. The highest BCUT2D eigenvalue weighted by atomic mass is 79.9. The summed E-state index contributed by atoms with van der Waals surface area (Å²) >= 11 is 3.06. The topological polar surface area (TPSA) is 37.3 Å². The molecule has 1 N–H and O–H groups in total. The van der Waals surface area contributed by atoms with Gasteiger partial charge in [-0.1, -0.05) is 12.1 Å². The molecule has 0 saturated heterocycles. The molecule has 0 amide bonds. The Balaban J connectivity index is 3.15. The molecule has 1 aromatic carbocycles. The number of aromatic carboxylic acids is 1. The van der Waals surface area contributed by atoms with E-state index in [4.69, 9.17) is 5.11 Å². The lowest BCUT2D eigenvalue weighted by Gasteiger charge is -1.94. The molecule has 0 aliphatic carbocycles. The number of carbonyl (C=O) groups is 1. The summed E-state index contributed by atoms with van der Waals surface area (Å²) in [6.07, 6.45) is 0. The van der Waals surface area contributed by atoms with Crippen molar-refractivity contribution in [1.29, 1.82) is 0 Å². The first-order valence-corrected chi connectivity index (χ1v) is 3.40. The van der Waals surface area contributed by atoms with Gasteiger partial charge in [-0.15, -0.1) is 0 Å². The van der Waals surface area contributed by atoms with Crippen molar-refractivity contribution in [3.63, 3.8) is 0 Å². The second kappa shape index (κ2) is 2.84. The molecule has 0 saturated carbocycles. The van der Waals surface area contributed by atoms with Crippen LogP contribution in [0.25, 0.3) is 0 Å². The molecular formula is C7H4BrO2. The highest BCUT2D eigenvalue weighted by Gasteiger charge is 2.04. The van der Waals surface area contributed by atoms with Gasteiger partial charge < -0.3 is 5.11 Å². The molecule has 0 spiro atoms. The zero-order valence-electron chi connectivity index (χ0n) is 4.97. The third-order valence-corrected chi connectivity index (χ3v) is 1.69. The van der Waals surface area contributed by atoms with Gasteiger partial charge in [-0.2, -0.15) is 0 Å². The fourth-order valence-corrected chi connectivity index (χ4v) is 1.02. The maximum Gasteiger partial charge on any atom is 0.336 e. The van der Waals surface area contributed by atoms with Gasteiger partial charge >= 0.3 is 5.97 Å². The Hall–Kier alpha value is -0.830. The van der Waals surface area contributed by atoms with Crippen LogP contribution >= 0.6 is 15.9 Å². The van der Waals surface area contributed by atoms with E-state index < -0.39 is 5.97 Å². The van der Waals surface area contributed by atoms with E-state index in [-0.39, 0.29) is 5.56 Å². The van der Waals surface area contributed by atoms with Crippen molar-refractivity contribution in [1.82, 2.24) is 0 Å². The summed E-state index contributed by atoms with van der Waals surface area (Å²) in [5, 5.41) is 8.52. The quantitative estimate of drug-likeness (QED) is 0.751. The first kappa shape index (κ1) is 7.28. The van der Waals surface area contributed by atoms with E-state index in [0.717, 1.165) is 0 Å². The minimum absolute atomic E-state index is 0.238. The van der Waals surface area contributed by atoms with Gasteiger partial charge in [-0.25, -0.2) is 4.79 Å². The van der Waals surface area contributed by atoms with Crippen LogP contribution in [0.2, 0.25) is 0 Å². The molecule has 0 fully saturated rings. The standard InChI is InChI=1S/C7H4BrO2/c8-6-4-2-1-3-5(6)7(9)10/h1-3H,(H,9,10). The molecule has 1 rings (SSSR count). The molecule has 10 heavy (non-hydrogen) atoms. The van der Waals surface area contributed by atoms with Gasteiger partial charge in [0.1, 0.15) is 0 Å². The largest absolute Gasteiger partial charge is 0.478 e. The van der Waals surface area contributed by atoms with Crippen LogP contribution in [0, 0.1) is 6.07 Å². The Labute approximate surface area is 66.6 Å². The second-order valence-corrected chi connectivity index (χ2v) is 2.50. The second-order valence-electron chi connectivity index (χ2n) is 1.70. The van der Waals surface area contributed by atoms with Crippen LogP contribution < -0.4 is 0 Å². The Morgan fingerprint density at radius 2 is 2.40 bits per heavy atom. The summed E-state index contributed by atoms with van der Waals surface area (Å²) < 4.78 is 0.488. The number of carboxylic acid groups (broad SMARTS) is 1. The molecule has 0 aliphatic rings. The van der Waals surface area contributed by atoms with Crippen molar-refractivity contribution in [2.24, 2.45) is 0 Å². The molecule has 2 nitrogen and oxygen atoms in total. The summed E-state index contributed by atoms with van der Waals surface area (Å²) in [5.74, 6) is -0.941. The highest BCUT2D eigenvalue weighted by molar-refractivity contribution is 9.10. The summed E-state index contributed by atoms with van der Waals surface area (Å²) in [6, 6.07) is 7.52. The van der Waals surface area contributed by atoms with Crippen LogP contribution in [-0.2, 0) is 0 Å². The number of hydrogen-bond donors (Lipinski definition) is 1. The number of hydrogen-bond acceptors (Lipinski definition) is 1. The van der Waals surface area contributed by atoms with Gasteiger partial charge in [0.05, 0.1) is 5.56 Å². The van der Waals surface area contributed by atoms with Crippen LogP contribution in [0.5, 0.6) is 0 Å². The van der Waals surface area contributed by atoms with Gasteiger partial charge in [0.2, 0.25) is 0 Å². The van der Waals surface area contributed by atoms with Crippen LogP contribution in [0.3, 0.4) is 0 Å². The first-order chi connectivity index (χ1) is 4.72. The van der Waals surface area contributed by atoms with Gasteiger partial charge in [0, 0.05) is 4.47 Å². The zero-order valence-corrected chi connectivity index (χ0v) is 6.55. The van der Waals surface area contributed by atoms with Crippen molar-refractivity contribution >= 4 is 21.9 Å². The van der Waals surface area contributed by atoms with Gasteiger partial charge in [0.25, 0.3) is 0 Å². The van der Waals surface area contributed by atoms with Crippen molar-refractivity contribution in [3.05, 3.63) is 34.3 Å². The fourth-order valence-electron chi connectivity index (χ4n) is 0.582. The van der Waals surface area contributed by atoms with Crippen molar-refractivity contribution < 1.29 is 9.90 Å². The minimum Gasteiger partial charge on any atom is -0.478 e. The van der Waals surface area contributed by atoms with Gasteiger partial charge in [-0.05, 0) is 28.1 Å². The maximum absolute atomic E-state index is 10.4. The lowest BCUT2D eigenvalue weighted by atomic mass is 10.2. The zero-order chi connectivity index (χ0) is 7.56. The molecule has 1 radical (unpaired) electrons. The predicted octanol–water partition coefficient (Wildman–Crippen LogP) is 1.95. The lowest BCUT2D eigenvalue weighted by molar-refractivity contribution is 0.0696. The Bertz CT molecular complexity index is 258. The molecular weight excluding hydrogens is 196 g/mol. The predicted molar refractivity (Wildman–Crippen MR) is 39.9 cm³/mol. The van der Waals surface area contributed by atoms with E-state index in [0.29, 0.717) is 4.47 Å². The van der Waals surface area contributed by atoms with Gasteiger partial charge in [-0.3, -0.25) is 0 Å². The van der Waals surface area contributed by atoms with E-state index in [1.54, 1.807) is 12.1 Å². The molecule has 51 valence electrons. The van der Waals surface area contributed by atoms with E-state index in [9.17, 15) is 4.79 Å². The normalized spacial score (nSPS) is 9.30. The molecule has 1 aromatic rings. The molecule has 0 atom stereocenters. The average molecular weight is 200 g/mol. The third kappa shape index (κ3) is 1.36. The van der Waals surface area contributed by atoms with Crippen molar-refractivity contribution in [2.75, 3.05) is 0 Å².